The summed E-state index contributed by atoms with van der Waals surface area (Å²) in [6.45, 7) is 2.66. The first-order valence-electron chi connectivity index (χ1n) is 10.0. The van der Waals surface area contributed by atoms with Gasteiger partial charge < -0.3 is 4.74 Å². The van der Waals surface area contributed by atoms with Crippen LogP contribution in [0.2, 0.25) is 0 Å². The first kappa shape index (κ1) is 20.6. The number of ether oxygens (including phenoxy) is 1. The summed E-state index contributed by atoms with van der Waals surface area (Å²) in [5.74, 6) is 0.808. The molecule has 0 radical (unpaired) electrons. The zero-order chi connectivity index (χ0) is 21.3. The van der Waals surface area contributed by atoms with Gasteiger partial charge in [0.25, 0.3) is 0 Å². The molecule has 0 N–H and O–H groups in total. The Labute approximate surface area is 177 Å². The van der Waals surface area contributed by atoms with Crippen molar-refractivity contribution < 1.29 is 13.2 Å². The molecule has 7 nitrogen and oxygen atoms in total. The second-order valence-corrected chi connectivity index (χ2v) is 9.51. The molecule has 0 unspecified atom stereocenters. The van der Waals surface area contributed by atoms with E-state index in [2.05, 4.69) is 5.10 Å². The van der Waals surface area contributed by atoms with Gasteiger partial charge in [0.05, 0.1) is 18.5 Å². The second kappa shape index (κ2) is 8.20. The van der Waals surface area contributed by atoms with Crippen molar-refractivity contribution in [2.24, 2.45) is 7.05 Å². The maximum atomic E-state index is 13.2. The number of pyridine rings is 1. The third-order valence-corrected chi connectivity index (χ3v) is 7.51. The molecule has 0 spiro atoms. The summed E-state index contributed by atoms with van der Waals surface area (Å²) in [6, 6.07) is 13.7. The van der Waals surface area contributed by atoms with Crippen molar-refractivity contribution in [3.05, 3.63) is 60.0 Å². The average Bonchev–Trinajstić information content (AvgIpc) is 3.12. The molecular formula is C22H26N4O3S. The molecule has 1 aromatic carbocycles. The summed E-state index contributed by atoms with van der Waals surface area (Å²) in [6.07, 6.45) is 3.28. The minimum atomic E-state index is -3.58. The third kappa shape index (κ3) is 3.85. The Balaban J connectivity index is 1.62. The molecular weight excluding hydrogens is 400 g/mol. The van der Waals surface area contributed by atoms with Crippen molar-refractivity contribution >= 4 is 10.0 Å². The van der Waals surface area contributed by atoms with Crippen LogP contribution in [-0.2, 0) is 17.1 Å². The van der Waals surface area contributed by atoms with Crippen molar-refractivity contribution in [1.29, 1.82) is 0 Å². The number of aryl methyl sites for hydroxylation is 2. The Hall–Kier alpha value is -2.71. The lowest BCUT2D eigenvalue weighted by Crippen LogP contribution is -2.39. The molecule has 1 atom stereocenters. The molecule has 30 heavy (non-hydrogen) atoms. The van der Waals surface area contributed by atoms with E-state index in [1.807, 2.05) is 42.5 Å². The van der Waals surface area contributed by atoms with Gasteiger partial charge in [0.2, 0.25) is 10.0 Å². The van der Waals surface area contributed by atoms with Crippen molar-refractivity contribution in [2.45, 2.75) is 30.6 Å². The van der Waals surface area contributed by atoms with Crippen LogP contribution in [0.1, 0.15) is 30.1 Å². The van der Waals surface area contributed by atoms with Crippen LogP contribution in [-0.4, -0.2) is 47.7 Å². The lowest BCUT2D eigenvalue weighted by Gasteiger charge is -2.31. The molecule has 2 aromatic heterocycles. The number of rotatable bonds is 5. The van der Waals surface area contributed by atoms with Crippen LogP contribution in [0.4, 0.5) is 0 Å². The summed E-state index contributed by atoms with van der Waals surface area (Å²) in [5.41, 5.74) is 3.18. The first-order chi connectivity index (χ1) is 14.4. The predicted octanol–water partition coefficient (Wildman–Crippen LogP) is 3.37. The summed E-state index contributed by atoms with van der Waals surface area (Å²) < 4.78 is 35.0. The van der Waals surface area contributed by atoms with Crippen molar-refractivity contribution in [1.82, 2.24) is 19.1 Å². The Kier molecular flexibility index (Phi) is 5.62. The number of methoxy groups -OCH3 is 1. The maximum Gasteiger partial charge on any atom is 0.246 e. The number of piperidine rings is 1. The van der Waals surface area contributed by atoms with Crippen LogP contribution in [0, 0.1) is 6.92 Å². The van der Waals surface area contributed by atoms with E-state index >= 15 is 0 Å². The van der Waals surface area contributed by atoms with Gasteiger partial charge >= 0.3 is 0 Å². The molecule has 3 aromatic rings. The van der Waals surface area contributed by atoms with Crippen molar-refractivity contribution in [2.75, 3.05) is 20.2 Å². The monoisotopic (exact) mass is 426 g/mol. The highest BCUT2D eigenvalue weighted by Gasteiger charge is 2.33. The molecule has 8 heteroatoms. The van der Waals surface area contributed by atoms with Gasteiger partial charge in [-0.1, -0.05) is 18.2 Å². The second-order valence-electron chi connectivity index (χ2n) is 7.60. The van der Waals surface area contributed by atoms with Gasteiger partial charge in [-0.05, 0) is 44.0 Å². The Bertz CT molecular complexity index is 1160. The highest BCUT2D eigenvalue weighted by atomic mass is 32.2. The van der Waals surface area contributed by atoms with E-state index in [1.54, 1.807) is 36.3 Å². The Morgan fingerprint density at radius 3 is 2.67 bits per heavy atom. The fraction of sp³-hybridized carbons (Fsp3) is 0.364. The minimum absolute atomic E-state index is 0.0418. The zero-order valence-corrected chi connectivity index (χ0v) is 18.3. The number of para-hydroxylation sites is 1. The van der Waals surface area contributed by atoms with Gasteiger partial charge in [0.15, 0.2) is 0 Å². The van der Waals surface area contributed by atoms with Gasteiger partial charge in [0.1, 0.15) is 10.6 Å². The number of hydrogen-bond acceptors (Lipinski definition) is 5. The number of nitrogens with zero attached hydrogens (tertiary/aromatic N) is 4. The van der Waals surface area contributed by atoms with Crippen LogP contribution < -0.4 is 4.74 Å². The molecule has 0 aliphatic carbocycles. The topological polar surface area (TPSA) is 77.3 Å². The zero-order valence-electron chi connectivity index (χ0n) is 17.4. The molecule has 4 rings (SSSR count). The summed E-state index contributed by atoms with van der Waals surface area (Å²) in [7, 11) is -0.203. The van der Waals surface area contributed by atoms with E-state index in [0.29, 0.717) is 18.8 Å². The number of sulfonamides is 1. The predicted molar refractivity (Wildman–Crippen MR) is 115 cm³/mol. The quantitative estimate of drug-likeness (QED) is 0.625. The molecule has 1 aliphatic heterocycles. The molecule has 1 aliphatic rings. The van der Waals surface area contributed by atoms with E-state index in [1.165, 1.54) is 0 Å². The van der Waals surface area contributed by atoms with Gasteiger partial charge in [0, 0.05) is 43.5 Å². The SMILES string of the molecule is COc1ccccc1-c1cccc([C@@H]2CCCN(S(=O)(=O)c3cn(C)nc3C)C2)n1. The summed E-state index contributed by atoms with van der Waals surface area (Å²) >= 11 is 0. The smallest absolute Gasteiger partial charge is 0.246 e. The molecule has 0 saturated carbocycles. The van der Waals surface area contributed by atoms with Crippen LogP contribution in [0.15, 0.2) is 53.6 Å². The van der Waals surface area contributed by atoms with Crippen LogP contribution in [0.3, 0.4) is 0 Å². The molecule has 1 saturated heterocycles. The lowest BCUT2D eigenvalue weighted by atomic mass is 9.95. The average molecular weight is 427 g/mol. The van der Waals surface area contributed by atoms with E-state index < -0.39 is 10.0 Å². The fourth-order valence-electron chi connectivity index (χ4n) is 4.06. The van der Waals surface area contributed by atoms with E-state index in [0.717, 1.165) is 35.5 Å². The van der Waals surface area contributed by atoms with Crippen LogP contribution in [0.25, 0.3) is 11.3 Å². The first-order valence-corrected chi connectivity index (χ1v) is 11.4. The molecule has 0 amide bonds. The summed E-state index contributed by atoms with van der Waals surface area (Å²) in [5, 5.41) is 4.20. The molecule has 1 fully saturated rings. The molecule has 3 heterocycles. The number of aromatic nitrogens is 3. The van der Waals surface area contributed by atoms with Gasteiger partial charge in [-0.2, -0.15) is 9.40 Å². The van der Waals surface area contributed by atoms with Crippen molar-refractivity contribution in [3.8, 4) is 17.0 Å². The standard InChI is InChI=1S/C22H26N4O3S/c1-16-22(15-25(2)24-16)30(27,28)26-13-7-8-17(14-26)19-10-6-11-20(23-19)18-9-4-5-12-21(18)29-3/h4-6,9-12,15,17H,7-8,13-14H2,1-3H3/t17-/m1/s1. The van der Waals surface area contributed by atoms with Gasteiger partial charge in [-0.25, -0.2) is 8.42 Å². The van der Waals surface area contributed by atoms with Gasteiger partial charge in [-0.3, -0.25) is 9.67 Å². The largest absolute Gasteiger partial charge is 0.496 e. The maximum absolute atomic E-state index is 13.2. The Morgan fingerprint density at radius 1 is 1.13 bits per heavy atom. The minimum Gasteiger partial charge on any atom is -0.496 e. The highest BCUT2D eigenvalue weighted by molar-refractivity contribution is 7.89. The Morgan fingerprint density at radius 2 is 1.93 bits per heavy atom. The normalized spacial score (nSPS) is 17.8. The number of hydrogen-bond donors (Lipinski definition) is 0. The highest BCUT2D eigenvalue weighted by Crippen LogP contribution is 2.33. The van der Waals surface area contributed by atoms with Gasteiger partial charge in [-0.15, -0.1) is 0 Å². The summed E-state index contributed by atoms with van der Waals surface area (Å²) in [4.78, 5) is 5.15. The van der Waals surface area contributed by atoms with Crippen molar-refractivity contribution in [3.63, 3.8) is 0 Å². The van der Waals surface area contributed by atoms with E-state index in [4.69, 9.17) is 9.72 Å². The fourth-order valence-corrected chi connectivity index (χ4v) is 5.78. The molecule has 158 valence electrons. The van der Waals surface area contributed by atoms with E-state index in [-0.39, 0.29) is 10.8 Å². The number of benzene rings is 1. The van der Waals surface area contributed by atoms with Crippen LogP contribution >= 0.6 is 0 Å². The van der Waals surface area contributed by atoms with E-state index in [9.17, 15) is 8.42 Å². The third-order valence-electron chi connectivity index (χ3n) is 5.54. The molecule has 0 bridgehead atoms. The van der Waals surface area contributed by atoms with Crippen LogP contribution in [0.5, 0.6) is 5.75 Å². The lowest BCUT2D eigenvalue weighted by molar-refractivity contribution is 0.312.